The molecule has 2 aromatic heterocycles. The summed E-state index contributed by atoms with van der Waals surface area (Å²) in [6.07, 6.45) is 0. The van der Waals surface area contributed by atoms with Gasteiger partial charge >= 0.3 is 5.97 Å². The smallest absolute Gasteiger partial charge is 0.329 e. The number of hydrogen-bond acceptors (Lipinski definition) is 8. The fraction of sp³-hybridized carbons (Fsp3) is 0.375. The molecular weight excluding hydrogens is 404 g/mol. The first-order chi connectivity index (χ1) is 15.5. The van der Waals surface area contributed by atoms with Gasteiger partial charge in [-0.25, -0.2) is 15.0 Å². The highest BCUT2D eigenvalue weighted by Crippen LogP contribution is 2.31. The lowest BCUT2D eigenvalue weighted by atomic mass is 10.0. The zero-order valence-electron chi connectivity index (χ0n) is 18.6. The Labute approximate surface area is 187 Å². The number of nitrogens with zero attached hydrogens (tertiary/aromatic N) is 6. The van der Waals surface area contributed by atoms with Crippen LogP contribution < -0.4 is 4.90 Å². The van der Waals surface area contributed by atoms with Crippen molar-refractivity contribution in [2.24, 2.45) is 0 Å². The highest BCUT2D eigenvalue weighted by atomic mass is 16.5. The van der Waals surface area contributed by atoms with Gasteiger partial charge in [-0.1, -0.05) is 30.3 Å². The van der Waals surface area contributed by atoms with Crippen molar-refractivity contribution < 1.29 is 9.53 Å². The van der Waals surface area contributed by atoms with Crippen molar-refractivity contribution in [1.29, 1.82) is 5.26 Å². The van der Waals surface area contributed by atoms with E-state index in [1.54, 1.807) is 0 Å². The molecule has 0 amide bonds. The van der Waals surface area contributed by atoms with Gasteiger partial charge in [0, 0.05) is 26.2 Å². The standard InChI is InChI=1S/C24H26N6O2/c1-16-17(2)27-23-20(26-16)13-21(30-11-9-29(3)10-12-30)22(28-23)19(14-25)24(31)32-15-18-7-5-4-6-8-18/h4-8,13,19H,9-12,15H2,1-3H3. The van der Waals surface area contributed by atoms with Gasteiger partial charge in [0.1, 0.15) is 12.1 Å². The van der Waals surface area contributed by atoms with E-state index in [0.29, 0.717) is 16.9 Å². The molecule has 164 valence electrons. The second kappa shape index (κ2) is 9.28. The molecule has 4 rings (SSSR count). The van der Waals surface area contributed by atoms with Crippen molar-refractivity contribution in [1.82, 2.24) is 19.9 Å². The monoisotopic (exact) mass is 430 g/mol. The van der Waals surface area contributed by atoms with Crippen molar-refractivity contribution in [3.05, 3.63) is 59.0 Å². The van der Waals surface area contributed by atoms with E-state index in [1.807, 2.05) is 50.2 Å². The summed E-state index contributed by atoms with van der Waals surface area (Å²) in [6.45, 7) is 7.18. The van der Waals surface area contributed by atoms with Crippen molar-refractivity contribution in [2.75, 3.05) is 38.1 Å². The fourth-order valence-electron chi connectivity index (χ4n) is 3.71. The normalized spacial score (nSPS) is 15.4. The van der Waals surface area contributed by atoms with Crippen molar-refractivity contribution >= 4 is 22.8 Å². The Bertz CT molecular complexity index is 1170. The molecule has 1 saturated heterocycles. The first-order valence-corrected chi connectivity index (χ1v) is 10.7. The summed E-state index contributed by atoms with van der Waals surface area (Å²) in [5.74, 6) is -1.77. The molecule has 3 heterocycles. The van der Waals surface area contributed by atoms with E-state index in [1.165, 1.54) is 0 Å². The number of nitriles is 1. The fourth-order valence-corrected chi connectivity index (χ4v) is 3.71. The molecule has 1 fully saturated rings. The number of likely N-dealkylation sites (N-methyl/N-ethyl adjacent to an activating group) is 1. The molecule has 8 nitrogen and oxygen atoms in total. The third-order valence-electron chi connectivity index (χ3n) is 5.78. The largest absolute Gasteiger partial charge is 0.460 e. The third-order valence-corrected chi connectivity index (χ3v) is 5.78. The van der Waals surface area contributed by atoms with Crippen LogP contribution in [0.4, 0.5) is 5.69 Å². The molecule has 1 aliphatic heterocycles. The molecule has 0 N–H and O–H groups in total. The van der Waals surface area contributed by atoms with E-state index in [9.17, 15) is 10.1 Å². The number of benzene rings is 1. The van der Waals surface area contributed by atoms with Crippen molar-refractivity contribution in [3.63, 3.8) is 0 Å². The molecule has 0 spiro atoms. The number of hydrogen-bond donors (Lipinski definition) is 0. The summed E-state index contributed by atoms with van der Waals surface area (Å²) < 4.78 is 5.49. The van der Waals surface area contributed by atoms with Crippen molar-refractivity contribution in [3.8, 4) is 6.07 Å². The summed E-state index contributed by atoms with van der Waals surface area (Å²) in [7, 11) is 2.08. The Morgan fingerprint density at radius 3 is 2.47 bits per heavy atom. The number of ether oxygens (including phenoxy) is 1. The Morgan fingerprint density at radius 1 is 1.09 bits per heavy atom. The van der Waals surface area contributed by atoms with Gasteiger partial charge in [0.25, 0.3) is 0 Å². The van der Waals surface area contributed by atoms with Gasteiger partial charge in [0.2, 0.25) is 0 Å². The van der Waals surface area contributed by atoms with E-state index >= 15 is 0 Å². The Balaban J connectivity index is 1.71. The van der Waals surface area contributed by atoms with E-state index in [2.05, 4.69) is 37.9 Å². The number of rotatable bonds is 5. The first-order valence-electron chi connectivity index (χ1n) is 10.7. The topological polar surface area (TPSA) is 95.2 Å². The summed E-state index contributed by atoms with van der Waals surface area (Å²) in [5.41, 5.74) is 4.66. The van der Waals surface area contributed by atoms with Crippen LogP contribution in [-0.2, 0) is 16.1 Å². The average Bonchev–Trinajstić information content (AvgIpc) is 2.80. The molecule has 0 bridgehead atoms. The van der Waals surface area contributed by atoms with Gasteiger partial charge in [0.05, 0.1) is 28.8 Å². The van der Waals surface area contributed by atoms with Gasteiger partial charge in [-0.05, 0) is 32.5 Å². The van der Waals surface area contributed by atoms with Gasteiger partial charge < -0.3 is 14.5 Å². The molecule has 1 aliphatic rings. The van der Waals surface area contributed by atoms with Crippen LogP contribution in [-0.4, -0.2) is 59.0 Å². The predicted molar refractivity (Wildman–Crippen MR) is 121 cm³/mol. The minimum atomic E-state index is -1.15. The number of carbonyl (C=O) groups is 1. The van der Waals surface area contributed by atoms with E-state index in [4.69, 9.17) is 4.74 Å². The highest BCUT2D eigenvalue weighted by Gasteiger charge is 2.30. The van der Waals surface area contributed by atoms with Gasteiger partial charge in [-0.15, -0.1) is 0 Å². The summed E-state index contributed by atoms with van der Waals surface area (Å²) >= 11 is 0. The number of aryl methyl sites for hydroxylation is 2. The Morgan fingerprint density at radius 2 is 1.78 bits per heavy atom. The number of pyridine rings is 1. The Hall–Kier alpha value is -3.57. The minimum absolute atomic E-state index is 0.105. The van der Waals surface area contributed by atoms with Crippen LogP contribution in [0.25, 0.3) is 11.2 Å². The van der Waals surface area contributed by atoms with E-state index in [0.717, 1.165) is 48.8 Å². The summed E-state index contributed by atoms with van der Waals surface area (Å²) in [6, 6.07) is 13.4. The SMILES string of the molecule is Cc1nc2cc(N3CCN(C)CC3)c(C(C#N)C(=O)OCc3ccccc3)nc2nc1C. The van der Waals surface area contributed by atoms with Crippen LogP contribution in [0.1, 0.15) is 28.6 Å². The lowest BCUT2D eigenvalue weighted by molar-refractivity contribution is -0.145. The van der Waals surface area contributed by atoms with Crippen LogP contribution in [0, 0.1) is 25.2 Å². The number of esters is 1. The van der Waals surface area contributed by atoms with Gasteiger partial charge in [0.15, 0.2) is 11.6 Å². The quantitative estimate of drug-likeness (QED) is 0.570. The van der Waals surface area contributed by atoms with E-state index < -0.39 is 11.9 Å². The third kappa shape index (κ3) is 4.53. The second-order valence-corrected chi connectivity index (χ2v) is 8.08. The minimum Gasteiger partial charge on any atom is -0.460 e. The molecule has 0 aliphatic carbocycles. The lowest BCUT2D eigenvalue weighted by Crippen LogP contribution is -2.45. The predicted octanol–water partition coefficient (Wildman–Crippen LogP) is 2.74. The molecule has 8 heteroatoms. The molecule has 1 unspecified atom stereocenters. The number of piperazine rings is 1. The molecule has 0 radical (unpaired) electrons. The molecule has 32 heavy (non-hydrogen) atoms. The number of aromatic nitrogens is 3. The maximum atomic E-state index is 12.9. The second-order valence-electron chi connectivity index (χ2n) is 8.08. The highest BCUT2D eigenvalue weighted by molar-refractivity contribution is 5.86. The van der Waals surface area contributed by atoms with E-state index in [-0.39, 0.29) is 6.61 Å². The van der Waals surface area contributed by atoms with Gasteiger partial charge in [-0.2, -0.15) is 5.26 Å². The van der Waals surface area contributed by atoms with Gasteiger partial charge in [-0.3, -0.25) is 4.79 Å². The number of fused-ring (bicyclic) bond motifs is 1. The van der Waals surface area contributed by atoms with Crippen molar-refractivity contribution in [2.45, 2.75) is 26.4 Å². The lowest BCUT2D eigenvalue weighted by Gasteiger charge is -2.35. The molecule has 0 saturated carbocycles. The summed E-state index contributed by atoms with van der Waals surface area (Å²) in [5, 5.41) is 9.93. The summed E-state index contributed by atoms with van der Waals surface area (Å²) in [4.78, 5) is 31.2. The number of anilines is 1. The molecule has 1 aromatic carbocycles. The van der Waals surface area contributed by atoms with Crippen LogP contribution in [0.3, 0.4) is 0 Å². The maximum absolute atomic E-state index is 12.9. The maximum Gasteiger partial charge on any atom is 0.329 e. The molecule has 3 aromatic rings. The number of carbonyl (C=O) groups excluding carboxylic acids is 1. The Kier molecular flexibility index (Phi) is 6.28. The van der Waals surface area contributed by atoms with Crippen LogP contribution >= 0.6 is 0 Å². The zero-order valence-corrected chi connectivity index (χ0v) is 18.6. The zero-order chi connectivity index (χ0) is 22.7. The molecular formula is C24H26N6O2. The van der Waals surface area contributed by atoms with Crippen LogP contribution in [0.15, 0.2) is 36.4 Å². The van der Waals surface area contributed by atoms with Crippen LogP contribution in [0.5, 0.6) is 0 Å². The average molecular weight is 431 g/mol. The molecule has 1 atom stereocenters. The first kappa shape index (κ1) is 21.7. The van der Waals surface area contributed by atoms with Crippen LogP contribution in [0.2, 0.25) is 0 Å².